The monoisotopic (exact) mass is 365 g/mol. The van der Waals surface area contributed by atoms with E-state index in [1.54, 1.807) is 0 Å². The maximum atomic E-state index is 11.8. The van der Waals surface area contributed by atoms with Crippen molar-refractivity contribution in [2.45, 2.75) is 46.2 Å². The van der Waals surface area contributed by atoms with Crippen LogP contribution in [-0.4, -0.2) is 22.1 Å². The minimum absolute atomic E-state index is 0.0683. The predicted octanol–water partition coefficient (Wildman–Crippen LogP) is 4.23. The van der Waals surface area contributed by atoms with E-state index in [-0.39, 0.29) is 5.91 Å². The van der Waals surface area contributed by atoms with E-state index in [1.807, 2.05) is 37.3 Å². The highest BCUT2D eigenvalue weighted by Crippen LogP contribution is 2.17. The lowest BCUT2D eigenvalue weighted by molar-refractivity contribution is -0.121. The number of hydrogen-bond acceptors (Lipinski definition) is 3. The lowest BCUT2D eigenvalue weighted by atomic mass is 10.2. The number of para-hydroxylation sites is 2. The molecule has 0 aliphatic heterocycles. The SMILES string of the molecule is CCCC(=O)NCc1nc2ccccc2n1CCCOc1ccc(C)cc1. The van der Waals surface area contributed by atoms with E-state index >= 15 is 0 Å². The first-order valence-corrected chi connectivity index (χ1v) is 9.57. The van der Waals surface area contributed by atoms with Crippen LogP contribution in [0.15, 0.2) is 48.5 Å². The van der Waals surface area contributed by atoms with Gasteiger partial charge in [-0.25, -0.2) is 4.98 Å². The molecular formula is C22H27N3O2. The third-order valence-electron chi connectivity index (χ3n) is 4.47. The molecule has 3 rings (SSSR count). The molecule has 0 fully saturated rings. The van der Waals surface area contributed by atoms with Gasteiger partial charge in [-0.15, -0.1) is 0 Å². The molecule has 1 heterocycles. The number of nitrogens with one attached hydrogen (secondary N) is 1. The Hall–Kier alpha value is -2.82. The molecule has 0 saturated carbocycles. The smallest absolute Gasteiger partial charge is 0.220 e. The van der Waals surface area contributed by atoms with Crippen molar-refractivity contribution >= 4 is 16.9 Å². The normalized spacial score (nSPS) is 10.9. The number of amides is 1. The van der Waals surface area contributed by atoms with Gasteiger partial charge in [0.2, 0.25) is 5.91 Å². The molecule has 0 bridgehead atoms. The summed E-state index contributed by atoms with van der Waals surface area (Å²) in [6, 6.07) is 16.2. The number of aryl methyl sites for hydroxylation is 2. The van der Waals surface area contributed by atoms with Crippen molar-refractivity contribution in [2.24, 2.45) is 0 Å². The van der Waals surface area contributed by atoms with Gasteiger partial charge in [-0.1, -0.05) is 36.8 Å². The summed E-state index contributed by atoms with van der Waals surface area (Å²) in [4.78, 5) is 16.5. The summed E-state index contributed by atoms with van der Waals surface area (Å²) in [5.41, 5.74) is 3.27. The Balaban J connectivity index is 1.63. The lowest BCUT2D eigenvalue weighted by Crippen LogP contribution is -2.24. The molecule has 0 aliphatic carbocycles. The fourth-order valence-corrected chi connectivity index (χ4v) is 3.05. The van der Waals surface area contributed by atoms with Crippen LogP contribution in [0.5, 0.6) is 5.75 Å². The van der Waals surface area contributed by atoms with Crippen molar-refractivity contribution in [3.05, 3.63) is 59.9 Å². The van der Waals surface area contributed by atoms with Crippen LogP contribution >= 0.6 is 0 Å². The summed E-state index contributed by atoms with van der Waals surface area (Å²) in [6.07, 6.45) is 2.26. The second-order valence-electron chi connectivity index (χ2n) is 6.71. The number of nitrogens with zero attached hydrogens (tertiary/aromatic N) is 2. The third kappa shape index (κ3) is 5.09. The maximum absolute atomic E-state index is 11.8. The maximum Gasteiger partial charge on any atom is 0.220 e. The number of aromatic nitrogens is 2. The molecule has 0 spiro atoms. The van der Waals surface area contributed by atoms with Crippen LogP contribution in [0.4, 0.5) is 0 Å². The fraction of sp³-hybridized carbons (Fsp3) is 0.364. The van der Waals surface area contributed by atoms with Gasteiger partial charge >= 0.3 is 0 Å². The molecule has 1 N–H and O–H groups in total. The Bertz CT molecular complexity index is 884. The molecule has 27 heavy (non-hydrogen) atoms. The molecule has 2 aromatic carbocycles. The lowest BCUT2D eigenvalue weighted by Gasteiger charge is -2.11. The van der Waals surface area contributed by atoms with Crippen LogP contribution < -0.4 is 10.1 Å². The Morgan fingerprint density at radius 2 is 1.93 bits per heavy atom. The van der Waals surface area contributed by atoms with E-state index in [0.29, 0.717) is 19.6 Å². The van der Waals surface area contributed by atoms with Crippen LogP contribution in [0.2, 0.25) is 0 Å². The van der Waals surface area contributed by atoms with Gasteiger partial charge in [0.15, 0.2) is 0 Å². The predicted molar refractivity (Wildman–Crippen MR) is 108 cm³/mol. The minimum Gasteiger partial charge on any atom is -0.494 e. The van der Waals surface area contributed by atoms with Crippen molar-refractivity contribution in [3.63, 3.8) is 0 Å². The Kier molecular flexibility index (Phi) is 6.47. The number of benzene rings is 2. The standard InChI is InChI=1S/C22H27N3O2/c1-3-7-22(26)23-16-21-24-19-8-4-5-9-20(19)25(21)14-6-15-27-18-12-10-17(2)11-13-18/h4-5,8-13H,3,6-7,14-16H2,1-2H3,(H,23,26). The van der Waals surface area contributed by atoms with E-state index in [9.17, 15) is 4.79 Å². The number of imidazole rings is 1. The summed E-state index contributed by atoms with van der Waals surface area (Å²) < 4.78 is 8.02. The molecule has 1 amide bonds. The first-order chi connectivity index (χ1) is 13.2. The first kappa shape index (κ1) is 19.0. The van der Waals surface area contributed by atoms with Crippen LogP contribution in [0.1, 0.15) is 37.6 Å². The summed E-state index contributed by atoms with van der Waals surface area (Å²) in [6.45, 7) is 5.95. The van der Waals surface area contributed by atoms with Crippen LogP contribution in [0.25, 0.3) is 11.0 Å². The highest BCUT2D eigenvalue weighted by Gasteiger charge is 2.11. The van der Waals surface area contributed by atoms with Crippen molar-refractivity contribution in [2.75, 3.05) is 6.61 Å². The van der Waals surface area contributed by atoms with Crippen molar-refractivity contribution in [3.8, 4) is 5.75 Å². The molecule has 0 unspecified atom stereocenters. The van der Waals surface area contributed by atoms with Gasteiger partial charge in [-0.05, 0) is 44.0 Å². The Morgan fingerprint density at radius 3 is 2.70 bits per heavy atom. The van der Waals surface area contributed by atoms with E-state index in [0.717, 1.165) is 42.0 Å². The second kappa shape index (κ2) is 9.21. The largest absolute Gasteiger partial charge is 0.494 e. The van der Waals surface area contributed by atoms with Gasteiger partial charge in [0.1, 0.15) is 11.6 Å². The Labute approximate surface area is 160 Å². The van der Waals surface area contributed by atoms with Crippen LogP contribution in [0, 0.1) is 6.92 Å². The number of ether oxygens (including phenoxy) is 1. The zero-order chi connectivity index (χ0) is 19.1. The molecule has 142 valence electrons. The van der Waals surface area contributed by atoms with E-state index < -0.39 is 0 Å². The Morgan fingerprint density at radius 1 is 1.15 bits per heavy atom. The number of rotatable bonds is 9. The van der Waals surface area contributed by atoms with Gasteiger partial charge in [-0.3, -0.25) is 4.79 Å². The van der Waals surface area contributed by atoms with E-state index in [1.165, 1.54) is 5.56 Å². The first-order valence-electron chi connectivity index (χ1n) is 9.57. The fourth-order valence-electron chi connectivity index (χ4n) is 3.05. The average Bonchev–Trinajstić information content (AvgIpc) is 3.03. The van der Waals surface area contributed by atoms with Crippen LogP contribution in [0.3, 0.4) is 0 Å². The van der Waals surface area contributed by atoms with E-state index in [2.05, 4.69) is 35.0 Å². The minimum atomic E-state index is 0.0683. The number of fused-ring (bicyclic) bond motifs is 1. The van der Waals surface area contributed by atoms with Crippen molar-refractivity contribution in [1.82, 2.24) is 14.9 Å². The van der Waals surface area contributed by atoms with Gasteiger partial charge in [0.25, 0.3) is 0 Å². The van der Waals surface area contributed by atoms with Crippen LogP contribution in [-0.2, 0) is 17.9 Å². The molecule has 1 aromatic heterocycles. The second-order valence-corrected chi connectivity index (χ2v) is 6.71. The molecule has 0 radical (unpaired) electrons. The zero-order valence-corrected chi connectivity index (χ0v) is 16.1. The number of hydrogen-bond donors (Lipinski definition) is 1. The number of carbonyl (C=O) groups is 1. The van der Waals surface area contributed by atoms with Crippen molar-refractivity contribution < 1.29 is 9.53 Å². The molecule has 0 atom stereocenters. The number of carbonyl (C=O) groups excluding carboxylic acids is 1. The molecule has 5 nitrogen and oxygen atoms in total. The highest BCUT2D eigenvalue weighted by molar-refractivity contribution is 5.77. The average molecular weight is 365 g/mol. The molecule has 3 aromatic rings. The molecule has 5 heteroatoms. The van der Waals surface area contributed by atoms with Gasteiger partial charge < -0.3 is 14.6 Å². The summed E-state index contributed by atoms with van der Waals surface area (Å²) in [5.74, 6) is 1.85. The topological polar surface area (TPSA) is 56.2 Å². The van der Waals surface area contributed by atoms with E-state index in [4.69, 9.17) is 9.72 Å². The molecular weight excluding hydrogens is 338 g/mol. The van der Waals surface area contributed by atoms with Gasteiger partial charge in [-0.2, -0.15) is 0 Å². The summed E-state index contributed by atoms with van der Waals surface area (Å²) >= 11 is 0. The quantitative estimate of drug-likeness (QED) is 0.577. The summed E-state index contributed by atoms with van der Waals surface area (Å²) in [5, 5.41) is 2.97. The van der Waals surface area contributed by atoms with Gasteiger partial charge in [0, 0.05) is 13.0 Å². The molecule has 0 saturated heterocycles. The highest BCUT2D eigenvalue weighted by atomic mass is 16.5. The van der Waals surface area contributed by atoms with Crippen molar-refractivity contribution in [1.29, 1.82) is 0 Å². The summed E-state index contributed by atoms with van der Waals surface area (Å²) in [7, 11) is 0. The molecule has 0 aliphatic rings. The zero-order valence-electron chi connectivity index (χ0n) is 16.1. The third-order valence-corrected chi connectivity index (χ3v) is 4.47. The van der Waals surface area contributed by atoms with Gasteiger partial charge in [0.05, 0.1) is 24.2 Å².